The first-order chi connectivity index (χ1) is 14.1. The highest BCUT2D eigenvalue weighted by Crippen LogP contribution is 2.40. The van der Waals surface area contributed by atoms with Gasteiger partial charge in [0.2, 0.25) is 5.43 Å². The van der Waals surface area contributed by atoms with Crippen LogP contribution in [0.25, 0.3) is 21.9 Å². The fourth-order valence-corrected chi connectivity index (χ4v) is 3.48. The standard InChI is InChI=1S/C24H26O6/c1-12(2)6-8-14-16(25)10-17(26)21-22(28)20-15(9-7-13(3)4)23(29-5)18(27)11-19(20)30-24(14)21/h6-7,10-11,25-27H,8-9H2,1-5H3. The molecule has 0 aliphatic carbocycles. The van der Waals surface area contributed by atoms with Gasteiger partial charge in [0, 0.05) is 23.3 Å². The van der Waals surface area contributed by atoms with E-state index in [0.717, 1.165) is 17.2 Å². The molecule has 0 aliphatic heterocycles. The van der Waals surface area contributed by atoms with Gasteiger partial charge in [0.15, 0.2) is 11.5 Å². The Bertz CT molecular complexity index is 1250. The predicted molar refractivity (Wildman–Crippen MR) is 118 cm³/mol. The summed E-state index contributed by atoms with van der Waals surface area (Å²) in [6, 6.07) is 2.49. The zero-order chi connectivity index (χ0) is 22.2. The van der Waals surface area contributed by atoms with Crippen LogP contribution >= 0.6 is 0 Å². The van der Waals surface area contributed by atoms with Gasteiger partial charge in [0.25, 0.3) is 0 Å². The van der Waals surface area contributed by atoms with Crippen LogP contribution in [0.1, 0.15) is 38.8 Å². The third-order valence-electron chi connectivity index (χ3n) is 4.96. The molecule has 1 heterocycles. The van der Waals surface area contributed by atoms with Crippen molar-refractivity contribution in [2.24, 2.45) is 0 Å². The second kappa shape index (κ2) is 8.14. The van der Waals surface area contributed by atoms with Gasteiger partial charge >= 0.3 is 0 Å². The summed E-state index contributed by atoms with van der Waals surface area (Å²) in [5.74, 6) is -0.489. The lowest BCUT2D eigenvalue weighted by atomic mass is 9.98. The largest absolute Gasteiger partial charge is 0.507 e. The van der Waals surface area contributed by atoms with E-state index in [2.05, 4.69) is 0 Å². The summed E-state index contributed by atoms with van der Waals surface area (Å²) >= 11 is 0. The van der Waals surface area contributed by atoms with E-state index in [1.165, 1.54) is 13.2 Å². The van der Waals surface area contributed by atoms with Gasteiger partial charge in [-0.05, 0) is 40.5 Å². The quantitative estimate of drug-likeness (QED) is 0.400. The first kappa shape index (κ1) is 21.3. The number of rotatable bonds is 5. The molecule has 6 nitrogen and oxygen atoms in total. The Morgan fingerprint density at radius 3 is 2.07 bits per heavy atom. The monoisotopic (exact) mass is 410 g/mol. The first-order valence-electron chi connectivity index (χ1n) is 9.65. The van der Waals surface area contributed by atoms with Gasteiger partial charge < -0.3 is 24.5 Å². The summed E-state index contributed by atoms with van der Waals surface area (Å²) in [7, 11) is 1.42. The van der Waals surface area contributed by atoms with E-state index in [0.29, 0.717) is 24.0 Å². The molecule has 3 N–H and O–H groups in total. The maximum atomic E-state index is 13.5. The Morgan fingerprint density at radius 2 is 1.50 bits per heavy atom. The van der Waals surface area contributed by atoms with Gasteiger partial charge in [-0.15, -0.1) is 0 Å². The number of benzene rings is 2. The predicted octanol–water partition coefficient (Wildman–Crippen LogP) is 5.09. The molecule has 30 heavy (non-hydrogen) atoms. The number of allylic oxidation sites excluding steroid dienone is 4. The molecular weight excluding hydrogens is 384 g/mol. The smallest absolute Gasteiger partial charge is 0.204 e. The van der Waals surface area contributed by atoms with E-state index in [-0.39, 0.29) is 44.9 Å². The normalized spacial score (nSPS) is 11.0. The highest BCUT2D eigenvalue weighted by atomic mass is 16.5. The van der Waals surface area contributed by atoms with Gasteiger partial charge in [-0.1, -0.05) is 23.3 Å². The Balaban J connectivity index is 2.50. The fourth-order valence-electron chi connectivity index (χ4n) is 3.48. The Labute approximate surface area is 174 Å². The number of methoxy groups -OCH3 is 1. The van der Waals surface area contributed by atoms with Crippen LogP contribution in [-0.2, 0) is 12.8 Å². The average molecular weight is 410 g/mol. The van der Waals surface area contributed by atoms with Gasteiger partial charge in [-0.25, -0.2) is 0 Å². The summed E-state index contributed by atoms with van der Waals surface area (Å²) in [5, 5.41) is 31.5. The number of aromatic hydroxyl groups is 3. The van der Waals surface area contributed by atoms with Crippen LogP contribution in [0.2, 0.25) is 0 Å². The van der Waals surface area contributed by atoms with Crippen molar-refractivity contribution in [3.63, 3.8) is 0 Å². The second-order valence-corrected chi connectivity index (χ2v) is 7.78. The van der Waals surface area contributed by atoms with Crippen LogP contribution in [0, 0.1) is 0 Å². The summed E-state index contributed by atoms with van der Waals surface area (Å²) in [6.07, 6.45) is 4.47. The van der Waals surface area contributed by atoms with Crippen molar-refractivity contribution in [1.29, 1.82) is 0 Å². The minimum Gasteiger partial charge on any atom is -0.507 e. The van der Waals surface area contributed by atoms with E-state index >= 15 is 0 Å². The topological polar surface area (TPSA) is 100 Å². The SMILES string of the molecule is COc1c(O)cc2oc3c(CC=C(C)C)c(O)cc(O)c3c(=O)c2c1CC=C(C)C. The number of hydrogen-bond donors (Lipinski definition) is 3. The Morgan fingerprint density at radius 1 is 0.900 bits per heavy atom. The molecule has 2 aromatic carbocycles. The number of fused-ring (bicyclic) bond motifs is 2. The number of phenolic OH excluding ortho intramolecular Hbond substituents is 3. The molecule has 1 aromatic heterocycles. The lowest BCUT2D eigenvalue weighted by molar-refractivity contribution is 0.370. The molecule has 0 saturated carbocycles. The summed E-state index contributed by atoms with van der Waals surface area (Å²) in [5.41, 5.74) is 2.75. The van der Waals surface area contributed by atoms with Crippen molar-refractivity contribution < 1.29 is 24.5 Å². The van der Waals surface area contributed by atoms with Crippen LogP contribution in [-0.4, -0.2) is 22.4 Å². The number of phenols is 3. The minimum atomic E-state index is -0.447. The van der Waals surface area contributed by atoms with Gasteiger partial charge in [0.05, 0.1) is 12.5 Å². The molecule has 0 fully saturated rings. The highest BCUT2D eigenvalue weighted by Gasteiger charge is 2.23. The van der Waals surface area contributed by atoms with Crippen LogP contribution in [0.3, 0.4) is 0 Å². The lowest BCUT2D eigenvalue weighted by Crippen LogP contribution is -2.08. The van der Waals surface area contributed by atoms with Crippen LogP contribution in [0.4, 0.5) is 0 Å². The maximum absolute atomic E-state index is 13.5. The van der Waals surface area contributed by atoms with Crippen LogP contribution < -0.4 is 10.2 Å². The molecule has 3 rings (SSSR count). The van der Waals surface area contributed by atoms with Gasteiger partial charge in [-0.2, -0.15) is 0 Å². The first-order valence-corrected chi connectivity index (χ1v) is 9.65. The second-order valence-electron chi connectivity index (χ2n) is 7.78. The molecule has 0 atom stereocenters. The number of hydrogen-bond acceptors (Lipinski definition) is 6. The van der Waals surface area contributed by atoms with E-state index in [9.17, 15) is 20.1 Å². The van der Waals surface area contributed by atoms with Crippen molar-refractivity contribution >= 4 is 21.9 Å². The van der Waals surface area contributed by atoms with E-state index < -0.39 is 5.43 Å². The summed E-state index contributed by atoms with van der Waals surface area (Å²) < 4.78 is 11.3. The third-order valence-corrected chi connectivity index (χ3v) is 4.96. The van der Waals surface area contributed by atoms with Gasteiger partial charge in [0.1, 0.15) is 28.1 Å². The molecule has 0 aliphatic rings. The molecule has 0 radical (unpaired) electrons. The summed E-state index contributed by atoms with van der Waals surface area (Å²) in [6.45, 7) is 7.70. The van der Waals surface area contributed by atoms with Crippen molar-refractivity contribution in [2.45, 2.75) is 40.5 Å². The van der Waals surface area contributed by atoms with E-state index in [1.807, 2.05) is 39.8 Å². The molecular formula is C24H26O6. The minimum absolute atomic E-state index is 0.0105. The molecule has 0 spiro atoms. The molecule has 158 valence electrons. The lowest BCUT2D eigenvalue weighted by Gasteiger charge is -2.14. The highest BCUT2D eigenvalue weighted by molar-refractivity contribution is 5.98. The molecule has 6 heteroatoms. The van der Waals surface area contributed by atoms with E-state index in [1.54, 1.807) is 0 Å². The number of ether oxygens (including phenoxy) is 1. The van der Waals surface area contributed by atoms with Crippen LogP contribution in [0.5, 0.6) is 23.0 Å². The molecule has 3 aromatic rings. The zero-order valence-corrected chi connectivity index (χ0v) is 17.8. The zero-order valence-electron chi connectivity index (χ0n) is 17.8. The Hall–Kier alpha value is -3.41. The van der Waals surface area contributed by atoms with Crippen LogP contribution in [0.15, 0.2) is 44.6 Å². The van der Waals surface area contributed by atoms with Crippen molar-refractivity contribution in [1.82, 2.24) is 0 Å². The van der Waals surface area contributed by atoms with Crippen molar-refractivity contribution in [3.05, 3.63) is 56.8 Å². The fraction of sp³-hybridized carbons (Fsp3) is 0.292. The molecule has 0 saturated heterocycles. The van der Waals surface area contributed by atoms with Crippen molar-refractivity contribution in [2.75, 3.05) is 7.11 Å². The van der Waals surface area contributed by atoms with E-state index in [4.69, 9.17) is 9.15 Å². The molecule has 0 amide bonds. The maximum Gasteiger partial charge on any atom is 0.204 e. The molecule has 0 bridgehead atoms. The molecule has 0 unspecified atom stereocenters. The third kappa shape index (κ3) is 3.73. The van der Waals surface area contributed by atoms with Crippen molar-refractivity contribution in [3.8, 4) is 23.0 Å². The average Bonchev–Trinajstić information content (AvgIpc) is 2.64. The van der Waals surface area contributed by atoms with Gasteiger partial charge in [-0.3, -0.25) is 4.79 Å². The summed E-state index contributed by atoms with van der Waals surface area (Å²) in [4.78, 5) is 13.5. The Kier molecular flexibility index (Phi) is 5.78.